The van der Waals surface area contributed by atoms with E-state index in [0.29, 0.717) is 11.0 Å². The van der Waals surface area contributed by atoms with Crippen molar-refractivity contribution in [1.29, 1.82) is 0 Å². The Morgan fingerprint density at radius 2 is 2.24 bits per heavy atom. The molecular weight excluding hydrogens is 332 g/mol. The Kier molecular flexibility index (Phi) is 6.18. The van der Waals surface area contributed by atoms with Gasteiger partial charge in [0.05, 0.1) is 9.40 Å². The minimum atomic E-state index is -0.350. The molecule has 2 unspecified atom stereocenters. The standard InChI is InChI=1S/C16H23BrN2O2/c1-12-3-2-4-13(9-12)7-8-18-11-14-5-6-15(17)16(10-14)19(20)21/h5-6,10,12-13,18H,2-4,7-9,11H2,1H3. The van der Waals surface area contributed by atoms with Crippen molar-refractivity contribution in [1.82, 2.24) is 5.32 Å². The van der Waals surface area contributed by atoms with Crippen molar-refractivity contribution in [2.75, 3.05) is 6.54 Å². The summed E-state index contributed by atoms with van der Waals surface area (Å²) in [5, 5.41) is 14.3. The second kappa shape index (κ2) is 7.90. The van der Waals surface area contributed by atoms with Gasteiger partial charge in [-0.1, -0.05) is 32.3 Å². The molecule has 2 atom stereocenters. The fourth-order valence-corrected chi connectivity index (χ4v) is 3.56. The molecule has 0 bridgehead atoms. The Hall–Kier alpha value is -0.940. The number of rotatable bonds is 6. The molecule has 0 amide bonds. The molecule has 2 rings (SSSR count). The summed E-state index contributed by atoms with van der Waals surface area (Å²) in [5.41, 5.74) is 1.09. The average Bonchev–Trinajstić information content (AvgIpc) is 2.45. The third kappa shape index (κ3) is 5.08. The number of nitrogens with zero attached hydrogens (tertiary/aromatic N) is 1. The lowest BCUT2D eigenvalue weighted by Crippen LogP contribution is -2.21. The van der Waals surface area contributed by atoms with Crippen LogP contribution in [0.5, 0.6) is 0 Å². The van der Waals surface area contributed by atoms with Crippen molar-refractivity contribution < 1.29 is 4.92 Å². The number of halogens is 1. The first-order valence-corrected chi connectivity index (χ1v) is 8.49. The highest BCUT2D eigenvalue weighted by Gasteiger charge is 2.18. The predicted octanol–water partition coefficient (Wildman–Crippen LogP) is 4.66. The zero-order chi connectivity index (χ0) is 15.2. The molecular formula is C16H23BrN2O2. The molecule has 0 radical (unpaired) electrons. The summed E-state index contributed by atoms with van der Waals surface area (Å²) in [6.07, 6.45) is 6.67. The Bertz CT molecular complexity index is 493. The zero-order valence-corrected chi connectivity index (χ0v) is 14.1. The van der Waals surface area contributed by atoms with Crippen LogP contribution in [0.25, 0.3) is 0 Å². The van der Waals surface area contributed by atoms with E-state index < -0.39 is 0 Å². The van der Waals surface area contributed by atoms with Gasteiger partial charge in [-0.05, 0) is 58.8 Å². The highest BCUT2D eigenvalue weighted by molar-refractivity contribution is 9.10. The molecule has 1 saturated carbocycles. The lowest BCUT2D eigenvalue weighted by Gasteiger charge is -2.26. The van der Waals surface area contributed by atoms with Crippen molar-refractivity contribution in [2.24, 2.45) is 11.8 Å². The van der Waals surface area contributed by atoms with Gasteiger partial charge in [0.15, 0.2) is 0 Å². The predicted molar refractivity (Wildman–Crippen MR) is 88.2 cm³/mol. The molecule has 1 aliphatic rings. The second-order valence-corrected chi connectivity index (χ2v) is 7.00. The van der Waals surface area contributed by atoms with Crippen molar-refractivity contribution in [3.63, 3.8) is 0 Å². The fourth-order valence-electron chi connectivity index (χ4n) is 3.17. The summed E-state index contributed by atoms with van der Waals surface area (Å²) in [7, 11) is 0. The van der Waals surface area contributed by atoms with E-state index in [1.807, 2.05) is 6.07 Å². The second-order valence-electron chi connectivity index (χ2n) is 6.15. The minimum Gasteiger partial charge on any atom is -0.313 e. The van der Waals surface area contributed by atoms with Crippen LogP contribution < -0.4 is 5.32 Å². The summed E-state index contributed by atoms with van der Waals surface area (Å²) in [5.74, 6) is 1.72. The summed E-state index contributed by atoms with van der Waals surface area (Å²) in [6, 6.07) is 5.31. The monoisotopic (exact) mass is 354 g/mol. The molecule has 1 aromatic rings. The molecule has 0 aromatic heterocycles. The van der Waals surface area contributed by atoms with E-state index in [-0.39, 0.29) is 10.6 Å². The van der Waals surface area contributed by atoms with Crippen molar-refractivity contribution in [3.05, 3.63) is 38.3 Å². The van der Waals surface area contributed by atoms with E-state index in [0.717, 1.165) is 23.9 Å². The van der Waals surface area contributed by atoms with Gasteiger partial charge in [-0.15, -0.1) is 0 Å². The first-order valence-electron chi connectivity index (χ1n) is 7.70. The minimum absolute atomic E-state index is 0.135. The number of nitro groups is 1. The molecule has 0 aliphatic heterocycles. The SMILES string of the molecule is CC1CCCC(CCNCc2ccc(Br)c([N+](=O)[O-])c2)C1. The Morgan fingerprint density at radius 3 is 2.95 bits per heavy atom. The van der Waals surface area contributed by atoms with Gasteiger partial charge in [0, 0.05) is 12.6 Å². The van der Waals surface area contributed by atoms with E-state index in [2.05, 4.69) is 28.2 Å². The Labute approximate surface area is 134 Å². The molecule has 1 aromatic carbocycles. The van der Waals surface area contributed by atoms with Crippen LogP contribution in [-0.4, -0.2) is 11.5 Å². The summed E-state index contributed by atoms with van der Waals surface area (Å²) in [6.45, 7) is 4.03. The van der Waals surface area contributed by atoms with Gasteiger partial charge in [0.2, 0.25) is 0 Å². The third-order valence-electron chi connectivity index (χ3n) is 4.31. The van der Waals surface area contributed by atoms with Gasteiger partial charge < -0.3 is 5.32 Å². The maximum absolute atomic E-state index is 10.9. The maximum atomic E-state index is 10.9. The van der Waals surface area contributed by atoms with Crippen molar-refractivity contribution in [2.45, 2.75) is 45.6 Å². The molecule has 5 heteroatoms. The van der Waals surface area contributed by atoms with Crippen LogP contribution in [0.15, 0.2) is 22.7 Å². The lowest BCUT2D eigenvalue weighted by atomic mass is 9.81. The van der Waals surface area contributed by atoms with E-state index in [1.54, 1.807) is 12.1 Å². The van der Waals surface area contributed by atoms with Gasteiger partial charge in [0.25, 0.3) is 5.69 Å². The number of nitro benzene ring substituents is 1. The first-order chi connectivity index (χ1) is 10.1. The van der Waals surface area contributed by atoms with E-state index >= 15 is 0 Å². The van der Waals surface area contributed by atoms with Gasteiger partial charge in [-0.25, -0.2) is 0 Å². The van der Waals surface area contributed by atoms with Crippen LogP contribution in [0.3, 0.4) is 0 Å². The van der Waals surface area contributed by atoms with Crippen molar-refractivity contribution in [3.8, 4) is 0 Å². The van der Waals surface area contributed by atoms with Gasteiger partial charge >= 0.3 is 0 Å². The summed E-state index contributed by atoms with van der Waals surface area (Å²) >= 11 is 3.21. The highest BCUT2D eigenvalue weighted by atomic mass is 79.9. The quantitative estimate of drug-likeness (QED) is 0.459. The number of nitrogens with one attached hydrogen (secondary N) is 1. The maximum Gasteiger partial charge on any atom is 0.283 e. The number of hydrogen-bond donors (Lipinski definition) is 1. The molecule has 116 valence electrons. The van der Waals surface area contributed by atoms with Crippen LogP contribution in [-0.2, 0) is 6.54 Å². The van der Waals surface area contributed by atoms with E-state index in [9.17, 15) is 10.1 Å². The first kappa shape index (κ1) is 16.4. The normalized spacial score (nSPS) is 22.2. The summed E-state index contributed by atoms with van der Waals surface area (Å²) in [4.78, 5) is 10.5. The molecule has 1 aliphatic carbocycles. The van der Waals surface area contributed by atoms with Crippen LogP contribution >= 0.6 is 15.9 Å². The van der Waals surface area contributed by atoms with Gasteiger partial charge in [0.1, 0.15) is 0 Å². The molecule has 1 N–H and O–H groups in total. The molecule has 0 saturated heterocycles. The fraction of sp³-hybridized carbons (Fsp3) is 0.625. The van der Waals surface area contributed by atoms with Crippen LogP contribution in [0.2, 0.25) is 0 Å². The molecule has 21 heavy (non-hydrogen) atoms. The molecule has 0 heterocycles. The average molecular weight is 355 g/mol. The molecule has 4 nitrogen and oxygen atoms in total. The van der Waals surface area contributed by atoms with E-state index in [4.69, 9.17) is 0 Å². The van der Waals surface area contributed by atoms with Crippen LogP contribution in [0, 0.1) is 22.0 Å². The summed E-state index contributed by atoms with van der Waals surface area (Å²) < 4.78 is 0.535. The largest absolute Gasteiger partial charge is 0.313 e. The topological polar surface area (TPSA) is 55.2 Å². The van der Waals surface area contributed by atoms with Crippen molar-refractivity contribution >= 4 is 21.6 Å². The van der Waals surface area contributed by atoms with Crippen LogP contribution in [0.1, 0.15) is 44.6 Å². The zero-order valence-electron chi connectivity index (χ0n) is 12.5. The smallest absolute Gasteiger partial charge is 0.283 e. The number of benzene rings is 1. The van der Waals surface area contributed by atoms with E-state index in [1.165, 1.54) is 32.1 Å². The Morgan fingerprint density at radius 1 is 1.43 bits per heavy atom. The third-order valence-corrected chi connectivity index (χ3v) is 4.98. The molecule has 1 fully saturated rings. The lowest BCUT2D eigenvalue weighted by molar-refractivity contribution is -0.385. The molecule has 0 spiro atoms. The van der Waals surface area contributed by atoms with Gasteiger partial charge in [-0.2, -0.15) is 0 Å². The highest BCUT2D eigenvalue weighted by Crippen LogP contribution is 2.30. The van der Waals surface area contributed by atoms with Gasteiger partial charge in [-0.3, -0.25) is 10.1 Å². The van der Waals surface area contributed by atoms with Crippen LogP contribution in [0.4, 0.5) is 5.69 Å². The Balaban J connectivity index is 1.76. The number of hydrogen-bond acceptors (Lipinski definition) is 3.